The van der Waals surface area contributed by atoms with Crippen molar-refractivity contribution in [2.45, 2.75) is 57.7 Å². The minimum absolute atomic E-state index is 0.0133. The molecule has 0 aromatic carbocycles. The first kappa shape index (κ1) is 24.2. The van der Waals surface area contributed by atoms with Crippen LogP contribution in [0.1, 0.15) is 39.5 Å². The Hall–Kier alpha value is -1.88. The second kappa shape index (κ2) is 12.6. The van der Waals surface area contributed by atoms with Gasteiger partial charge in [0.05, 0.1) is 25.7 Å². The van der Waals surface area contributed by atoms with E-state index < -0.39 is 30.1 Å². The predicted octanol–water partition coefficient (Wildman–Crippen LogP) is -2.03. The van der Waals surface area contributed by atoms with E-state index in [2.05, 4.69) is 26.8 Å². The number of amides is 2. The molecule has 0 heterocycles. The normalized spacial score (nSPS) is 20.5. The number of carbonyl (C=O) groups excluding carboxylic acids is 4. The lowest BCUT2D eigenvalue weighted by Crippen LogP contribution is -2.54. The molecule has 28 heavy (non-hydrogen) atoms. The number of nitrogens with two attached hydrogens (primary N) is 1. The lowest BCUT2D eigenvalue weighted by Gasteiger charge is -2.29. The topological polar surface area (TPSA) is 154 Å². The third kappa shape index (κ3) is 8.42. The van der Waals surface area contributed by atoms with Gasteiger partial charge in [0.2, 0.25) is 23.4 Å². The van der Waals surface area contributed by atoms with E-state index >= 15 is 0 Å². The van der Waals surface area contributed by atoms with Gasteiger partial charge in [-0.1, -0.05) is 13.8 Å². The SMILES string of the molecule is CNC1CCC(NC(=O)CNN[C@H](C(=O)C(=O)CNC(=O)CN)C(C)C)CC1. The number of Topliss-reactive ketones (excluding diaryl/α,β-unsaturated/α-hetero) is 2. The van der Waals surface area contributed by atoms with E-state index in [9.17, 15) is 19.2 Å². The summed E-state index contributed by atoms with van der Waals surface area (Å²) in [5, 5.41) is 8.51. The van der Waals surface area contributed by atoms with Crippen LogP contribution in [-0.2, 0) is 19.2 Å². The molecule has 0 aliphatic heterocycles. The van der Waals surface area contributed by atoms with Crippen LogP contribution in [-0.4, -0.2) is 68.2 Å². The van der Waals surface area contributed by atoms with Crippen molar-refractivity contribution >= 4 is 23.4 Å². The Kier molecular flexibility index (Phi) is 10.8. The summed E-state index contributed by atoms with van der Waals surface area (Å²) in [5.74, 6) is -2.24. The molecule has 10 nitrogen and oxygen atoms in total. The first-order valence-electron chi connectivity index (χ1n) is 9.77. The number of rotatable bonds is 12. The second-order valence-electron chi connectivity index (χ2n) is 7.39. The van der Waals surface area contributed by atoms with E-state index in [1.165, 1.54) is 0 Å². The quantitative estimate of drug-likeness (QED) is 0.162. The number of nitrogens with one attached hydrogen (secondary N) is 5. The van der Waals surface area contributed by atoms with Crippen molar-refractivity contribution in [2.24, 2.45) is 11.7 Å². The van der Waals surface area contributed by atoms with Gasteiger partial charge in [0.25, 0.3) is 0 Å². The highest BCUT2D eigenvalue weighted by atomic mass is 16.2. The number of carbonyl (C=O) groups is 4. The molecule has 1 aliphatic rings. The average Bonchev–Trinajstić information content (AvgIpc) is 2.68. The van der Waals surface area contributed by atoms with Crippen LogP contribution in [0.2, 0.25) is 0 Å². The molecule has 0 radical (unpaired) electrons. The summed E-state index contributed by atoms with van der Waals surface area (Å²) in [7, 11) is 1.95. The zero-order valence-corrected chi connectivity index (χ0v) is 17.0. The van der Waals surface area contributed by atoms with Crippen LogP contribution in [0.4, 0.5) is 0 Å². The summed E-state index contributed by atoms with van der Waals surface area (Å²) in [4.78, 5) is 47.5. The van der Waals surface area contributed by atoms with Gasteiger partial charge < -0.3 is 21.7 Å². The van der Waals surface area contributed by atoms with Crippen LogP contribution in [0, 0.1) is 5.92 Å². The Morgan fingerprint density at radius 3 is 2.11 bits per heavy atom. The van der Waals surface area contributed by atoms with E-state index in [0.717, 1.165) is 25.7 Å². The molecule has 1 saturated carbocycles. The van der Waals surface area contributed by atoms with Crippen LogP contribution < -0.4 is 32.5 Å². The van der Waals surface area contributed by atoms with Crippen molar-refractivity contribution in [3.63, 3.8) is 0 Å². The Morgan fingerprint density at radius 2 is 1.57 bits per heavy atom. The molecule has 7 N–H and O–H groups in total. The van der Waals surface area contributed by atoms with Crippen LogP contribution in [0.3, 0.4) is 0 Å². The molecule has 0 spiro atoms. The molecule has 0 bridgehead atoms. The molecule has 0 saturated heterocycles. The third-order valence-electron chi connectivity index (χ3n) is 4.86. The summed E-state index contributed by atoms with van der Waals surface area (Å²) in [6.45, 7) is 2.91. The number of hydrazine groups is 1. The number of hydrogen-bond acceptors (Lipinski definition) is 8. The zero-order valence-electron chi connectivity index (χ0n) is 17.0. The Balaban J connectivity index is 2.38. The standard InChI is InChI=1S/C18H34N6O4/c1-11(2)17(18(28)14(25)9-21-15(26)8-19)24-22-10-16(27)23-13-6-4-12(20-3)5-7-13/h11-13,17,20,22,24H,4-10,19H2,1-3H3,(H,21,26)(H,23,27)/t12?,13?,17-/m0/s1. The van der Waals surface area contributed by atoms with Gasteiger partial charge in [-0.25, -0.2) is 10.9 Å². The number of ketones is 2. The minimum atomic E-state index is -0.804. The first-order valence-corrected chi connectivity index (χ1v) is 9.77. The Morgan fingerprint density at radius 1 is 0.964 bits per heavy atom. The van der Waals surface area contributed by atoms with Gasteiger partial charge in [0.15, 0.2) is 0 Å². The molecular formula is C18H34N6O4. The maximum atomic E-state index is 12.3. The summed E-state index contributed by atoms with van der Waals surface area (Å²) in [6.07, 6.45) is 3.92. The first-order chi connectivity index (χ1) is 13.3. The van der Waals surface area contributed by atoms with E-state index in [-0.39, 0.29) is 31.0 Å². The highest BCUT2D eigenvalue weighted by Crippen LogP contribution is 2.18. The fraction of sp³-hybridized carbons (Fsp3) is 0.778. The van der Waals surface area contributed by atoms with Crippen LogP contribution in [0.25, 0.3) is 0 Å². The van der Waals surface area contributed by atoms with Gasteiger partial charge in [-0.15, -0.1) is 0 Å². The molecule has 160 valence electrons. The minimum Gasteiger partial charge on any atom is -0.352 e. The van der Waals surface area contributed by atoms with Crippen LogP contribution in [0.15, 0.2) is 0 Å². The molecule has 2 amide bonds. The fourth-order valence-corrected chi connectivity index (χ4v) is 3.09. The summed E-state index contributed by atoms with van der Waals surface area (Å²) in [6, 6.07) is -0.131. The third-order valence-corrected chi connectivity index (χ3v) is 4.86. The van der Waals surface area contributed by atoms with Crippen molar-refractivity contribution in [1.29, 1.82) is 0 Å². The van der Waals surface area contributed by atoms with Crippen molar-refractivity contribution in [3.05, 3.63) is 0 Å². The highest BCUT2D eigenvalue weighted by molar-refractivity contribution is 6.40. The van der Waals surface area contributed by atoms with Crippen molar-refractivity contribution in [3.8, 4) is 0 Å². The second-order valence-corrected chi connectivity index (χ2v) is 7.39. The lowest BCUT2D eigenvalue weighted by atomic mass is 9.91. The zero-order chi connectivity index (χ0) is 21.1. The van der Waals surface area contributed by atoms with Gasteiger partial charge in [-0.2, -0.15) is 0 Å². The average molecular weight is 399 g/mol. The molecule has 1 atom stereocenters. The van der Waals surface area contributed by atoms with Crippen LogP contribution in [0.5, 0.6) is 0 Å². The Bertz CT molecular complexity index is 546. The molecular weight excluding hydrogens is 364 g/mol. The lowest BCUT2D eigenvalue weighted by molar-refractivity contribution is -0.138. The largest absolute Gasteiger partial charge is 0.352 e. The van der Waals surface area contributed by atoms with Gasteiger partial charge >= 0.3 is 0 Å². The molecule has 1 rings (SSSR count). The van der Waals surface area contributed by atoms with E-state index in [4.69, 9.17) is 5.73 Å². The van der Waals surface area contributed by atoms with Gasteiger partial charge in [-0.05, 0) is 38.6 Å². The van der Waals surface area contributed by atoms with E-state index in [1.54, 1.807) is 13.8 Å². The summed E-state index contributed by atoms with van der Waals surface area (Å²) in [5.41, 5.74) is 10.6. The predicted molar refractivity (Wildman–Crippen MR) is 105 cm³/mol. The van der Waals surface area contributed by atoms with Crippen molar-refractivity contribution in [2.75, 3.05) is 26.7 Å². The molecule has 1 aliphatic carbocycles. The Labute approximate surface area is 166 Å². The molecule has 0 aromatic rings. The molecule has 10 heteroatoms. The monoisotopic (exact) mass is 398 g/mol. The maximum absolute atomic E-state index is 12.3. The van der Waals surface area contributed by atoms with Gasteiger partial charge in [0, 0.05) is 12.1 Å². The summed E-state index contributed by atoms with van der Waals surface area (Å²) < 4.78 is 0. The van der Waals surface area contributed by atoms with Crippen molar-refractivity contribution < 1.29 is 19.2 Å². The number of hydrogen-bond donors (Lipinski definition) is 6. The highest BCUT2D eigenvalue weighted by Gasteiger charge is 2.28. The van der Waals surface area contributed by atoms with Crippen LogP contribution >= 0.6 is 0 Å². The van der Waals surface area contributed by atoms with Gasteiger partial charge in [-0.3, -0.25) is 19.2 Å². The molecule has 0 aromatic heterocycles. The molecule has 0 unspecified atom stereocenters. The van der Waals surface area contributed by atoms with E-state index in [1.807, 2.05) is 7.05 Å². The summed E-state index contributed by atoms with van der Waals surface area (Å²) >= 11 is 0. The van der Waals surface area contributed by atoms with E-state index in [0.29, 0.717) is 6.04 Å². The van der Waals surface area contributed by atoms with Gasteiger partial charge in [0.1, 0.15) is 0 Å². The fourth-order valence-electron chi connectivity index (χ4n) is 3.09. The maximum Gasteiger partial charge on any atom is 0.235 e. The van der Waals surface area contributed by atoms with Crippen molar-refractivity contribution in [1.82, 2.24) is 26.8 Å². The smallest absolute Gasteiger partial charge is 0.235 e. The molecule has 1 fully saturated rings.